The maximum atomic E-state index is 13.4. The molecule has 34 heavy (non-hydrogen) atoms. The SMILES string of the molecule is C[C@@H](NC(=O)[C@H]1CCCN1C(=O)[C@H]1CCCN(S(=O)(=O)N2CC(C#N)C2)C1)c1ccc(F)cc1. The molecule has 0 unspecified atom stereocenters. The number of halogens is 1. The fraction of sp³-hybridized carbons (Fsp3) is 0.609. The van der Waals surface area contributed by atoms with Crippen LogP contribution in [0.4, 0.5) is 4.39 Å². The van der Waals surface area contributed by atoms with E-state index in [0.29, 0.717) is 38.8 Å². The lowest BCUT2D eigenvalue weighted by Crippen LogP contribution is -2.57. The summed E-state index contributed by atoms with van der Waals surface area (Å²) < 4.78 is 41.6. The largest absolute Gasteiger partial charge is 0.348 e. The first-order valence-corrected chi connectivity index (χ1v) is 13.1. The third kappa shape index (κ3) is 4.94. The summed E-state index contributed by atoms with van der Waals surface area (Å²) in [6, 6.07) is 7.05. The van der Waals surface area contributed by atoms with Crippen molar-refractivity contribution in [3.8, 4) is 6.07 Å². The summed E-state index contributed by atoms with van der Waals surface area (Å²) in [5.74, 6) is -1.58. The molecule has 0 radical (unpaired) electrons. The van der Waals surface area contributed by atoms with Gasteiger partial charge in [0.25, 0.3) is 10.2 Å². The number of nitrogens with zero attached hydrogens (tertiary/aromatic N) is 4. The van der Waals surface area contributed by atoms with E-state index in [2.05, 4.69) is 11.4 Å². The molecule has 2 amide bonds. The molecule has 3 atom stereocenters. The zero-order valence-electron chi connectivity index (χ0n) is 19.2. The Kier molecular flexibility index (Phi) is 7.21. The fourth-order valence-corrected chi connectivity index (χ4v) is 6.70. The average molecular weight is 492 g/mol. The molecule has 0 saturated carbocycles. The lowest BCUT2D eigenvalue weighted by molar-refractivity contribution is -0.142. The number of amides is 2. The third-order valence-corrected chi connectivity index (χ3v) is 8.92. The van der Waals surface area contributed by atoms with E-state index in [1.807, 2.05) is 6.92 Å². The van der Waals surface area contributed by atoms with E-state index in [-0.39, 0.29) is 49.2 Å². The number of piperidine rings is 1. The molecule has 1 aromatic rings. The van der Waals surface area contributed by atoms with Gasteiger partial charge >= 0.3 is 0 Å². The summed E-state index contributed by atoms with van der Waals surface area (Å²) in [5, 5.41) is 11.9. The van der Waals surface area contributed by atoms with Gasteiger partial charge in [-0.05, 0) is 50.3 Å². The lowest BCUT2D eigenvalue weighted by atomic mass is 9.97. The molecule has 0 aromatic heterocycles. The summed E-state index contributed by atoms with van der Waals surface area (Å²) in [7, 11) is -3.70. The normalized spacial score (nSPS) is 25.4. The molecule has 3 aliphatic rings. The Hall–Kier alpha value is -2.55. The van der Waals surface area contributed by atoms with Gasteiger partial charge in [0.05, 0.1) is 23.9 Å². The number of nitriles is 1. The Morgan fingerprint density at radius 3 is 2.44 bits per heavy atom. The van der Waals surface area contributed by atoms with Crippen molar-refractivity contribution in [2.24, 2.45) is 11.8 Å². The van der Waals surface area contributed by atoms with Crippen LogP contribution in [0.15, 0.2) is 24.3 Å². The molecule has 3 saturated heterocycles. The Balaban J connectivity index is 1.38. The van der Waals surface area contributed by atoms with Gasteiger partial charge in [-0.2, -0.15) is 22.3 Å². The van der Waals surface area contributed by atoms with E-state index in [9.17, 15) is 22.4 Å². The zero-order valence-corrected chi connectivity index (χ0v) is 20.0. The van der Waals surface area contributed by atoms with Crippen molar-refractivity contribution in [2.75, 3.05) is 32.7 Å². The van der Waals surface area contributed by atoms with Crippen LogP contribution in [0.2, 0.25) is 0 Å². The molecule has 184 valence electrons. The van der Waals surface area contributed by atoms with Crippen molar-refractivity contribution in [2.45, 2.75) is 44.7 Å². The second-order valence-corrected chi connectivity index (χ2v) is 11.2. The summed E-state index contributed by atoms with van der Waals surface area (Å²) in [6.07, 6.45) is 2.39. The smallest absolute Gasteiger partial charge is 0.282 e. The summed E-state index contributed by atoms with van der Waals surface area (Å²) in [5.41, 5.74) is 0.767. The van der Waals surface area contributed by atoms with Gasteiger partial charge in [0.1, 0.15) is 11.9 Å². The number of carbonyl (C=O) groups excluding carboxylic acids is 2. The molecule has 0 aliphatic carbocycles. The van der Waals surface area contributed by atoms with Crippen LogP contribution < -0.4 is 5.32 Å². The topological polar surface area (TPSA) is 114 Å². The first-order valence-electron chi connectivity index (χ1n) is 11.7. The molecule has 4 rings (SSSR count). The van der Waals surface area contributed by atoms with Gasteiger partial charge < -0.3 is 10.2 Å². The number of carbonyl (C=O) groups is 2. The first-order chi connectivity index (χ1) is 16.2. The maximum Gasteiger partial charge on any atom is 0.282 e. The van der Waals surface area contributed by atoms with Crippen LogP contribution in [0.5, 0.6) is 0 Å². The second kappa shape index (κ2) is 9.98. The maximum absolute atomic E-state index is 13.4. The van der Waals surface area contributed by atoms with Gasteiger partial charge in [0, 0.05) is 32.7 Å². The van der Waals surface area contributed by atoms with Gasteiger partial charge in [-0.25, -0.2) is 4.39 Å². The van der Waals surface area contributed by atoms with Crippen LogP contribution in [-0.2, 0) is 19.8 Å². The first kappa shape index (κ1) is 24.6. The molecule has 1 aromatic carbocycles. The van der Waals surface area contributed by atoms with Crippen LogP contribution >= 0.6 is 0 Å². The van der Waals surface area contributed by atoms with Gasteiger partial charge in [-0.3, -0.25) is 9.59 Å². The van der Waals surface area contributed by atoms with Crippen molar-refractivity contribution >= 4 is 22.0 Å². The number of hydrogen-bond donors (Lipinski definition) is 1. The van der Waals surface area contributed by atoms with E-state index < -0.39 is 22.2 Å². The molecule has 3 aliphatic heterocycles. The van der Waals surface area contributed by atoms with Gasteiger partial charge in [-0.1, -0.05) is 12.1 Å². The highest BCUT2D eigenvalue weighted by atomic mass is 32.2. The molecule has 0 spiro atoms. The third-order valence-electron chi connectivity index (χ3n) is 6.98. The molecule has 11 heteroatoms. The predicted octanol–water partition coefficient (Wildman–Crippen LogP) is 1.41. The number of hydrogen-bond acceptors (Lipinski definition) is 5. The quantitative estimate of drug-likeness (QED) is 0.646. The Morgan fingerprint density at radius 2 is 1.76 bits per heavy atom. The monoisotopic (exact) mass is 491 g/mol. The summed E-state index contributed by atoms with van der Waals surface area (Å²) >= 11 is 0. The van der Waals surface area contributed by atoms with Crippen LogP contribution in [0.1, 0.15) is 44.2 Å². The molecule has 1 N–H and O–H groups in total. The molecule has 9 nitrogen and oxygen atoms in total. The molecule has 3 heterocycles. The summed E-state index contributed by atoms with van der Waals surface area (Å²) in [6.45, 7) is 3.08. The lowest BCUT2D eigenvalue weighted by Gasteiger charge is -2.41. The number of nitrogens with one attached hydrogen (secondary N) is 1. The van der Waals surface area contributed by atoms with E-state index in [0.717, 1.165) is 5.56 Å². The fourth-order valence-electron chi connectivity index (χ4n) is 4.91. The van der Waals surface area contributed by atoms with E-state index >= 15 is 0 Å². The van der Waals surface area contributed by atoms with Gasteiger partial charge in [0.15, 0.2) is 0 Å². The highest BCUT2D eigenvalue weighted by Crippen LogP contribution is 2.29. The van der Waals surface area contributed by atoms with E-state index in [1.54, 1.807) is 17.0 Å². The predicted molar refractivity (Wildman–Crippen MR) is 122 cm³/mol. The van der Waals surface area contributed by atoms with E-state index in [1.165, 1.54) is 20.7 Å². The number of benzene rings is 1. The summed E-state index contributed by atoms with van der Waals surface area (Å²) in [4.78, 5) is 27.9. The minimum absolute atomic E-state index is 0.0890. The van der Waals surface area contributed by atoms with Crippen molar-refractivity contribution in [1.82, 2.24) is 18.8 Å². The molecular formula is C23H30FN5O4S. The van der Waals surface area contributed by atoms with Crippen LogP contribution in [0.3, 0.4) is 0 Å². The highest BCUT2D eigenvalue weighted by Gasteiger charge is 2.44. The Bertz CT molecular complexity index is 1070. The van der Waals surface area contributed by atoms with Crippen LogP contribution in [0, 0.1) is 29.0 Å². The number of likely N-dealkylation sites (tertiary alicyclic amines) is 1. The average Bonchev–Trinajstić information content (AvgIpc) is 3.28. The van der Waals surface area contributed by atoms with Crippen molar-refractivity contribution in [3.63, 3.8) is 0 Å². The van der Waals surface area contributed by atoms with Crippen LogP contribution in [0.25, 0.3) is 0 Å². The molecule has 0 bridgehead atoms. The van der Waals surface area contributed by atoms with Crippen molar-refractivity contribution < 1.29 is 22.4 Å². The standard InChI is InChI=1S/C23H30FN5O4S/c1-16(18-6-8-20(24)9-7-18)26-22(30)21-5-3-11-29(21)23(31)19-4-2-10-27(15-19)34(32,33)28-13-17(12-25)14-28/h6-9,16-17,19,21H,2-5,10-11,13-15H2,1H3,(H,26,30)/t16-,19+,21-/m1/s1. The second-order valence-electron chi connectivity index (χ2n) is 9.32. The van der Waals surface area contributed by atoms with Gasteiger partial charge in [0.2, 0.25) is 11.8 Å². The zero-order chi connectivity index (χ0) is 24.5. The minimum Gasteiger partial charge on any atom is -0.348 e. The Labute approximate surface area is 199 Å². The highest BCUT2D eigenvalue weighted by molar-refractivity contribution is 7.86. The minimum atomic E-state index is -3.70. The van der Waals surface area contributed by atoms with Crippen LogP contribution in [-0.4, -0.2) is 72.5 Å². The molecule has 3 fully saturated rings. The van der Waals surface area contributed by atoms with Crippen molar-refractivity contribution in [1.29, 1.82) is 5.26 Å². The molecular weight excluding hydrogens is 461 g/mol. The van der Waals surface area contributed by atoms with E-state index in [4.69, 9.17) is 5.26 Å². The van der Waals surface area contributed by atoms with Gasteiger partial charge in [-0.15, -0.1) is 0 Å². The number of rotatable bonds is 6. The Morgan fingerprint density at radius 1 is 1.09 bits per heavy atom. The van der Waals surface area contributed by atoms with Crippen molar-refractivity contribution in [3.05, 3.63) is 35.6 Å².